The van der Waals surface area contributed by atoms with Crippen LogP contribution in [0.4, 0.5) is 5.69 Å². The summed E-state index contributed by atoms with van der Waals surface area (Å²) in [4.78, 5) is 11.4. The third-order valence-electron chi connectivity index (χ3n) is 4.13. The quantitative estimate of drug-likeness (QED) is 0.785. The maximum Gasteiger partial charge on any atom is 0.326 e. The highest BCUT2D eigenvalue weighted by atomic mass is 16.4. The lowest BCUT2D eigenvalue weighted by molar-refractivity contribution is -0.139. The highest BCUT2D eigenvalue weighted by Gasteiger charge is 2.41. The number of carbonyl (C=O) groups is 1. The third kappa shape index (κ3) is 1.54. The van der Waals surface area contributed by atoms with Gasteiger partial charge < -0.3 is 10.4 Å². The van der Waals surface area contributed by atoms with Crippen molar-refractivity contribution in [3.8, 4) is 0 Å². The molecule has 1 aromatic carbocycles. The number of hydrogen-bond acceptors (Lipinski definition) is 2. The molecule has 0 bridgehead atoms. The number of nitrogens with one attached hydrogen (secondary N) is 1. The number of allylic oxidation sites excluding steroid dienone is 2. The number of rotatable bonds is 2. The van der Waals surface area contributed by atoms with Crippen LogP contribution >= 0.6 is 0 Å². The summed E-state index contributed by atoms with van der Waals surface area (Å²) in [6.07, 6.45) is 6.05. The number of anilines is 1. The van der Waals surface area contributed by atoms with Crippen LogP contribution in [0.2, 0.25) is 0 Å². The minimum Gasteiger partial charge on any atom is -0.480 e. The van der Waals surface area contributed by atoms with Crippen LogP contribution in [0, 0.1) is 5.92 Å². The van der Waals surface area contributed by atoms with Crippen LogP contribution in [0.15, 0.2) is 30.4 Å². The Labute approximate surface area is 107 Å². The predicted octanol–water partition coefficient (Wildman–Crippen LogP) is 2.79. The maximum atomic E-state index is 11.4. The molecule has 3 heteroatoms. The van der Waals surface area contributed by atoms with Crippen molar-refractivity contribution >= 4 is 11.7 Å². The Hall–Kier alpha value is -1.77. The Morgan fingerprint density at radius 1 is 1.50 bits per heavy atom. The topological polar surface area (TPSA) is 49.3 Å². The lowest BCUT2D eigenvalue weighted by Gasteiger charge is -2.35. The van der Waals surface area contributed by atoms with E-state index in [4.69, 9.17) is 0 Å². The van der Waals surface area contributed by atoms with E-state index < -0.39 is 12.0 Å². The molecule has 1 heterocycles. The van der Waals surface area contributed by atoms with Gasteiger partial charge in [0.15, 0.2) is 0 Å². The molecule has 0 radical (unpaired) electrons. The zero-order chi connectivity index (χ0) is 12.7. The fourth-order valence-corrected chi connectivity index (χ4v) is 3.23. The Kier molecular flexibility index (Phi) is 2.62. The van der Waals surface area contributed by atoms with Gasteiger partial charge in [0.2, 0.25) is 0 Å². The molecule has 0 saturated carbocycles. The highest BCUT2D eigenvalue weighted by molar-refractivity contribution is 5.81. The molecule has 0 unspecified atom stereocenters. The Morgan fingerprint density at radius 2 is 2.33 bits per heavy atom. The van der Waals surface area contributed by atoms with Crippen LogP contribution < -0.4 is 5.32 Å². The molecular formula is C15H17NO2. The predicted molar refractivity (Wildman–Crippen MR) is 70.9 cm³/mol. The van der Waals surface area contributed by atoms with Gasteiger partial charge in [-0.05, 0) is 24.0 Å². The summed E-state index contributed by atoms with van der Waals surface area (Å²) in [5.74, 6) is -0.332. The van der Waals surface area contributed by atoms with Crippen molar-refractivity contribution in [3.63, 3.8) is 0 Å². The van der Waals surface area contributed by atoms with E-state index in [-0.39, 0.29) is 11.8 Å². The molecule has 3 atom stereocenters. The smallest absolute Gasteiger partial charge is 0.326 e. The van der Waals surface area contributed by atoms with Crippen LogP contribution in [-0.4, -0.2) is 17.1 Å². The molecule has 0 amide bonds. The molecule has 1 aromatic rings. The van der Waals surface area contributed by atoms with Gasteiger partial charge in [0.1, 0.15) is 6.04 Å². The van der Waals surface area contributed by atoms with Gasteiger partial charge in [-0.1, -0.05) is 37.3 Å². The molecular weight excluding hydrogens is 226 g/mol. The minimum absolute atomic E-state index is 0.155. The van der Waals surface area contributed by atoms with E-state index in [0.29, 0.717) is 0 Å². The second-order valence-electron chi connectivity index (χ2n) is 5.05. The molecule has 2 aliphatic rings. The normalized spacial score (nSPS) is 28.4. The average molecular weight is 243 g/mol. The van der Waals surface area contributed by atoms with E-state index in [2.05, 4.69) is 42.6 Å². The van der Waals surface area contributed by atoms with E-state index in [1.807, 2.05) is 0 Å². The average Bonchev–Trinajstić information content (AvgIpc) is 2.86. The summed E-state index contributed by atoms with van der Waals surface area (Å²) in [6.45, 7) is 2.10. The lowest BCUT2D eigenvalue weighted by atomic mass is 9.78. The molecule has 2 N–H and O–H groups in total. The maximum absolute atomic E-state index is 11.4. The SMILES string of the molecule is CCc1cccc2c1N[C@H](C(=O)O)[C@@H]1CC=C[C@@H]21. The van der Waals surface area contributed by atoms with E-state index in [1.54, 1.807) is 0 Å². The molecule has 1 aliphatic carbocycles. The number of carboxylic acid groups (broad SMARTS) is 1. The number of aryl methyl sites for hydroxylation is 1. The molecule has 0 spiro atoms. The van der Waals surface area contributed by atoms with Gasteiger partial charge in [-0.25, -0.2) is 4.79 Å². The first kappa shape index (κ1) is 11.3. The second kappa shape index (κ2) is 4.16. The number of aliphatic carboxylic acids is 1. The van der Waals surface area contributed by atoms with Crippen LogP contribution in [0.5, 0.6) is 0 Å². The van der Waals surface area contributed by atoms with Gasteiger partial charge in [0, 0.05) is 17.5 Å². The van der Waals surface area contributed by atoms with Crippen molar-refractivity contribution < 1.29 is 9.90 Å². The summed E-state index contributed by atoms with van der Waals surface area (Å²) in [6, 6.07) is 5.80. The number of fused-ring (bicyclic) bond motifs is 3. The highest BCUT2D eigenvalue weighted by Crippen LogP contribution is 2.45. The number of para-hydroxylation sites is 1. The lowest BCUT2D eigenvalue weighted by Crippen LogP contribution is -2.42. The fourth-order valence-electron chi connectivity index (χ4n) is 3.23. The number of carboxylic acids is 1. The van der Waals surface area contributed by atoms with Crippen molar-refractivity contribution in [3.05, 3.63) is 41.5 Å². The molecule has 3 rings (SSSR count). The summed E-state index contributed by atoms with van der Waals surface area (Å²) in [5.41, 5.74) is 3.50. The number of benzene rings is 1. The Bertz CT molecular complexity index is 521. The molecule has 1 aliphatic heterocycles. The third-order valence-corrected chi connectivity index (χ3v) is 4.13. The Balaban J connectivity index is 2.11. The van der Waals surface area contributed by atoms with Gasteiger partial charge in [0.05, 0.1) is 0 Å². The van der Waals surface area contributed by atoms with Gasteiger partial charge in [-0.2, -0.15) is 0 Å². The van der Waals surface area contributed by atoms with Crippen molar-refractivity contribution in [2.75, 3.05) is 5.32 Å². The van der Waals surface area contributed by atoms with Gasteiger partial charge in [-0.3, -0.25) is 0 Å². The Morgan fingerprint density at radius 3 is 3.06 bits per heavy atom. The van der Waals surface area contributed by atoms with Crippen LogP contribution in [0.3, 0.4) is 0 Å². The molecule has 18 heavy (non-hydrogen) atoms. The van der Waals surface area contributed by atoms with Crippen molar-refractivity contribution in [1.82, 2.24) is 0 Å². The van der Waals surface area contributed by atoms with Gasteiger partial charge >= 0.3 is 5.97 Å². The van der Waals surface area contributed by atoms with Crippen molar-refractivity contribution in [2.45, 2.75) is 31.7 Å². The summed E-state index contributed by atoms with van der Waals surface area (Å²) < 4.78 is 0. The molecule has 0 fully saturated rings. The van der Waals surface area contributed by atoms with Crippen molar-refractivity contribution in [2.24, 2.45) is 5.92 Å². The summed E-state index contributed by atoms with van der Waals surface area (Å²) in [7, 11) is 0. The molecule has 3 nitrogen and oxygen atoms in total. The number of hydrogen-bond donors (Lipinski definition) is 2. The van der Waals surface area contributed by atoms with E-state index >= 15 is 0 Å². The van der Waals surface area contributed by atoms with Crippen molar-refractivity contribution in [1.29, 1.82) is 0 Å². The van der Waals surface area contributed by atoms with Crippen LogP contribution in [-0.2, 0) is 11.2 Å². The zero-order valence-corrected chi connectivity index (χ0v) is 10.4. The van der Waals surface area contributed by atoms with Gasteiger partial charge in [0.25, 0.3) is 0 Å². The molecule has 94 valence electrons. The summed E-state index contributed by atoms with van der Waals surface area (Å²) >= 11 is 0. The van der Waals surface area contributed by atoms with E-state index in [9.17, 15) is 9.90 Å². The minimum atomic E-state index is -0.745. The molecule has 0 aromatic heterocycles. The largest absolute Gasteiger partial charge is 0.480 e. The van der Waals surface area contributed by atoms with Crippen LogP contribution in [0.1, 0.15) is 30.4 Å². The first-order chi connectivity index (χ1) is 8.72. The van der Waals surface area contributed by atoms with E-state index in [1.165, 1.54) is 11.1 Å². The summed E-state index contributed by atoms with van der Waals surface area (Å²) in [5, 5.41) is 12.6. The first-order valence-corrected chi connectivity index (χ1v) is 6.50. The van der Waals surface area contributed by atoms with Gasteiger partial charge in [-0.15, -0.1) is 0 Å². The first-order valence-electron chi connectivity index (χ1n) is 6.50. The fraction of sp³-hybridized carbons (Fsp3) is 0.400. The second-order valence-corrected chi connectivity index (χ2v) is 5.05. The standard InChI is InChI=1S/C15H17NO2/c1-2-9-5-3-7-11-10-6-4-8-12(10)14(15(17)18)16-13(9)11/h3-7,10,12,14,16H,2,8H2,1H3,(H,17,18)/t10-,12+,14-/m0/s1. The monoisotopic (exact) mass is 243 g/mol. The molecule has 0 saturated heterocycles. The zero-order valence-electron chi connectivity index (χ0n) is 10.4. The van der Waals surface area contributed by atoms with Crippen LogP contribution in [0.25, 0.3) is 0 Å². The van der Waals surface area contributed by atoms with E-state index in [0.717, 1.165) is 18.5 Å².